The molecule has 0 bridgehead atoms. The Morgan fingerprint density at radius 2 is 2.00 bits per heavy atom. The first-order valence-electron chi connectivity index (χ1n) is 7.34. The van der Waals surface area contributed by atoms with Gasteiger partial charge in [0, 0.05) is 12.0 Å². The maximum atomic E-state index is 11.4. The van der Waals surface area contributed by atoms with Crippen LogP contribution in [0.2, 0.25) is 0 Å². The first kappa shape index (κ1) is 15.5. The zero-order valence-corrected chi connectivity index (χ0v) is 12.9. The van der Waals surface area contributed by atoms with Gasteiger partial charge in [-0.25, -0.2) is 4.98 Å². The van der Waals surface area contributed by atoms with Crippen LogP contribution in [0.5, 0.6) is 5.88 Å². The highest BCUT2D eigenvalue weighted by atomic mass is 16.6. The van der Waals surface area contributed by atoms with Crippen LogP contribution in [-0.4, -0.2) is 27.5 Å². The molecule has 0 atom stereocenters. The molecule has 0 saturated heterocycles. The summed E-state index contributed by atoms with van der Waals surface area (Å²) in [6, 6.07) is 0.0450. The van der Waals surface area contributed by atoms with E-state index in [9.17, 15) is 10.1 Å². The summed E-state index contributed by atoms with van der Waals surface area (Å²) in [7, 11) is 0. The molecular weight excluding hydrogens is 272 g/mol. The molecule has 0 unspecified atom stereocenters. The van der Waals surface area contributed by atoms with E-state index in [4.69, 9.17) is 4.74 Å². The van der Waals surface area contributed by atoms with Crippen LogP contribution in [0, 0.1) is 16.0 Å². The first-order chi connectivity index (χ1) is 9.88. The Hall–Kier alpha value is -1.92. The van der Waals surface area contributed by atoms with Crippen molar-refractivity contribution in [1.29, 1.82) is 0 Å². The molecule has 0 aromatic carbocycles. The lowest BCUT2D eigenvalue weighted by Gasteiger charge is -2.14. The van der Waals surface area contributed by atoms with Gasteiger partial charge >= 0.3 is 5.69 Å². The molecule has 0 spiro atoms. The summed E-state index contributed by atoms with van der Waals surface area (Å²) in [6.45, 7) is 8.20. The van der Waals surface area contributed by atoms with Crippen molar-refractivity contribution in [2.24, 2.45) is 5.92 Å². The number of nitrogens with zero attached hydrogens (tertiary/aromatic N) is 3. The third-order valence-corrected chi connectivity index (χ3v) is 2.97. The van der Waals surface area contributed by atoms with Crippen molar-refractivity contribution in [3.8, 4) is 5.88 Å². The van der Waals surface area contributed by atoms with E-state index < -0.39 is 4.92 Å². The van der Waals surface area contributed by atoms with Crippen LogP contribution in [0.25, 0.3) is 0 Å². The van der Waals surface area contributed by atoms with Gasteiger partial charge in [-0.2, -0.15) is 4.98 Å². The Morgan fingerprint density at radius 1 is 1.33 bits per heavy atom. The summed E-state index contributed by atoms with van der Waals surface area (Å²) in [5.41, 5.74) is -0.172. The Balaban J connectivity index is 2.42. The van der Waals surface area contributed by atoms with Crippen LogP contribution in [0.3, 0.4) is 0 Å². The summed E-state index contributed by atoms with van der Waals surface area (Å²) in [5.74, 6) is 1.55. The van der Waals surface area contributed by atoms with Crippen LogP contribution >= 0.6 is 0 Å². The highest BCUT2D eigenvalue weighted by Gasteiger charge is 2.33. The van der Waals surface area contributed by atoms with Crippen molar-refractivity contribution in [1.82, 2.24) is 9.97 Å². The van der Waals surface area contributed by atoms with Gasteiger partial charge < -0.3 is 10.1 Å². The maximum Gasteiger partial charge on any atom is 0.372 e. The Bertz CT molecular complexity index is 527. The first-order valence-corrected chi connectivity index (χ1v) is 7.34. The molecule has 116 valence electrons. The SMILES string of the molecule is CC(C)COc1nc(C2CC2)nc(NC(C)C)c1[N+](=O)[O-]. The second-order valence-corrected chi connectivity index (χ2v) is 6.12. The topological polar surface area (TPSA) is 90.2 Å². The molecule has 1 aliphatic carbocycles. The fraction of sp³-hybridized carbons (Fsp3) is 0.714. The number of nitrogens with one attached hydrogen (secondary N) is 1. The predicted octanol–water partition coefficient (Wildman–Crippen LogP) is 3.12. The van der Waals surface area contributed by atoms with Crippen molar-refractivity contribution in [3.05, 3.63) is 15.9 Å². The van der Waals surface area contributed by atoms with Gasteiger partial charge in [0.05, 0.1) is 11.5 Å². The summed E-state index contributed by atoms with van der Waals surface area (Å²) >= 11 is 0. The fourth-order valence-electron chi connectivity index (χ4n) is 1.86. The Morgan fingerprint density at radius 3 is 2.48 bits per heavy atom. The van der Waals surface area contributed by atoms with Crippen molar-refractivity contribution < 1.29 is 9.66 Å². The molecule has 1 saturated carbocycles. The number of aromatic nitrogens is 2. The summed E-state index contributed by atoms with van der Waals surface area (Å²) in [4.78, 5) is 19.5. The molecule has 0 radical (unpaired) electrons. The largest absolute Gasteiger partial charge is 0.472 e. The van der Waals surface area contributed by atoms with Crippen molar-refractivity contribution in [3.63, 3.8) is 0 Å². The van der Waals surface area contributed by atoms with Crippen molar-refractivity contribution in [2.45, 2.75) is 52.5 Å². The molecule has 0 amide bonds. The van der Waals surface area contributed by atoms with E-state index in [1.54, 1.807) is 0 Å². The smallest absolute Gasteiger partial charge is 0.372 e. The van der Waals surface area contributed by atoms with Gasteiger partial charge in [0.15, 0.2) is 0 Å². The van der Waals surface area contributed by atoms with E-state index >= 15 is 0 Å². The van der Waals surface area contributed by atoms with Crippen LogP contribution in [-0.2, 0) is 0 Å². The van der Waals surface area contributed by atoms with E-state index in [-0.39, 0.29) is 29.3 Å². The third kappa shape index (κ3) is 4.03. The summed E-state index contributed by atoms with van der Waals surface area (Å²) < 4.78 is 5.57. The molecule has 1 aromatic heterocycles. The van der Waals surface area contributed by atoms with Crippen molar-refractivity contribution >= 4 is 11.5 Å². The Labute approximate surface area is 124 Å². The van der Waals surface area contributed by atoms with E-state index in [0.29, 0.717) is 18.3 Å². The number of rotatable bonds is 7. The average molecular weight is 294 g/mol. The monoisotopic (exact) mass is 294 g/mol. The summed E-state index contributed by atoms with van der Waals surface area (Å²) in [6.07, 6.45) is 2.06. The minimum atomic E-state index is -0.475. The van der Waals surface area contributed by atoms with E-state index in [0.717, 1.165) is 12.8 Å². The lowest BCUT2D eigenvalue weighted by molar-refractivity contribution is -0.385. The fourth-order valence-corrected chi connectivity index (χ4v) is 1.86. The van der Waals surface area contributed by atoms with E-state index in [1.807, 2.05) is 27.7 Å². The highest BCUT2D eigenvalue weighted by molar-refractivity contribution is 5.62. The quantitative estimate of drug-likeness (QED) is 0.613. The third-order valence-electron chi connectivity index (χ3n) is 2.97. The second kappa shape index (κ2) is 6.24. The molecule has 0 aliphatic heterocycles. The lowest BCUT2D eigenvalue weighted by Crippen LogP contribution is -2.16. The second-order valence-electron chi connectivity index (χ2n) is 6.12. The molecule has 7 heteroatoms. The average Bonchev–Trinajstić information content (AvgIpc) is 3.18. The molecule has 1 aromatic rings. The number of hydrogen-bond donors (Lipinski definition) is 1. The van der Waals surface area contributed by atoms with Gasteiger partial charge in [-0.05, 0) is 32.6 Å². The van der Waals surface area contributed by atoms with E-state index in [2.05, 4.69) is 15.3 Å². The van der Waals surface area contributed by atoms with Gasteiger partial charge in [0.1, 0.15) is 5.82 Å². The number of nitro groups is 1. The minimum Gasteiger partial charge on any atom is -0.472 e. The Kier molecular flexibility index (Phi) is 4.59. The molecule has 1 N–H and O–H groups in total. The summed E-state index contributed by atoms with van der Waals surface area (Å²) in [5, 5.41) is 14.4. The van der Waals surface area contributed by atoms with E-state index in [1.165, 1.54) is 0 Å². The van der Waals surface area contributed by atoms with Crippen LogP contribution in [0.15, 0.2) is 0 Å². The number of anilines is 1. The highest BCUT2D eigenvalue weighted by Crippen LogP contribution is 2.42. The molecule has 7 nitrogen and oxygen atoms in total. The van der Waals surface area contributed by atoms with Gasteiger partial charge in [0.2, 0.25) is 5.82 Å². The van der Waals surface area contributed by atoms with Gasteiger partial charge in [0.25, 0.3) is 5.88 Å². The van der Waals surface area contributed by atoms with Gasteiger partial charge in [-0.1, -0.05) is 13.8 Å². The van der Waals surface area contributed by atoms with Gasteiger partial charge in [-0.15, -0.1) is 0 Å². The van der Waals surface area contributed by atoms with Crippen LogP contribution < -0.4 is 10.1 Å². The van der Waals surface area contributed by atoms with Crippen LogP contribution in [0.4, 0.5) is 11.5 Å². The minimum absolute atomic E-state index is 0.0450. The zero-order valence-electron chi connectivity index (χ0n) is 12.9. The zero-order chi connectivity index (χ0) is 15.6. The molecule has 1 aliphatic rings. The number of ether oxygens (including phenoxy) is 1. The normalized spacial score (nSPS) is 14.6. The van der Waals surface area contributed by atoms with Crippen molar-refractivity contribution in [2.75, 3.05) is 11.9 Å². The predicted molar refractivity (Wildman–Crippen MR) is 79.8 cm³/mol. The molecular formula is C14H22N4O3. The van der Waals surface area contributed by atoms with Gasteiger partial charge in [-0.3, -0.25) is 10.1 Å². The maximum absolute atomic E-state index is 11.4. The van der Waals surface area contributed by atoms with Crippen LogP contribution in [0.1, 0.15) is 52.3 Å². The molecule has 2 rings (SSSR count). The molecule has 1 fully saturated rings. The standard InChI is InChI=1S/C14H22N4O3/c1-8(2)7-21-14-11(18(19)20)13(15-9(3)4)16-12(17-14)10-5-6-10/h8-10H,5-7H2,1-4H3,(H,15,16,17). The number of hydrogen-bond acceptors (Lipinski definition) is 6. The molecule has 1 heterocycles. The molecule has 21 heavy (non-hydrogen) atoms. The lowest BCUT2D eigenvalue weighted by atomic mass is 10.2.